The molecule has 2 rings (SSSR count). The molecule has 1 heterocycles. The second kappa shape index (κ2) is 10.9. The normalized spacial score (nSPS) is 10.1. The Kier molecular flexibility index (Phi) is 9.23. The molecule has 0 aliphatic heterocycles. The number of aromatic nitrogens is 2. The van der Waals surface area contributed by atoms with Gasteiger partial charge in [0.2, 0.25) is 5.28 Å². The number of ether oxygens (including phenoxy) is 2. The van der Waals surface area contributed by atoms with E-state index in [0.29, 0.717) is 11.5 Å². The van der Waals surface area contributed by atoms with Gasteiger partial charge in [0.05, 0.1) is 19.7 Å². The third-order valence-corrected chi connectivity index (χ3v) is 3.67. The third-order valence-electron chi connectivity index (χ3n) is 3.50. The molecular formula is C18H28ClN3O2. The summed E-state index contributed by atoms with van der Waals surface area (Å²) in [4.78, 5) is 8.55. The Morgan fingerprint density at radius 2 is 1.67 bits per heavy atom. The fourth-order valence-electron chi connectivity index (χ4n) is 2.32. The fraction of sp³-hybridized carbons (Fsp3) is 0.556. The second-order valence-electron chi connectivity index (χ2n) is 5.05. The van der Waals surface area contributed by atoms with Crippen molar-refractivity contribution in [2.75, 3.05) is 26.1 Å². The van der Waals surface area contributed by atoms with Gasteiger partial charge in [-0.2, -0.15) is 0 Å². The van der Waals surface area contributed by atoms with Crippen molar-refractivity contribution in [2.24, 2.45) is 0 Å². The number of nitrogens with one attached hydrogen (secondary N) is 1. The molecule has 0 aliphatic carbocycles. The Balaban J connectivity index is 0.00000139. The molecule has 0 amide bonds. The number of benzene rings is 1. The summed E-state index contributed by atoms with van der Waals surface area (Å²) in [5.41, 5.74) is 0.730. The molecule has 24 heavy (non-hydrogen) atoms. The van der Waals surface area contributed by atoms with Gasteiger partial charge in [-0.05, 0) is 24.1 Å². The van der Waals surface area contributed by atoms with Crippen LogP contribution in [0.5, 0.6) is 11.5 Å². The van der Waals surface area contributed by atoms with E-state index in [1.54, 1.807) is 14.2 Å². The van der Waals surface area contributed by atoms with Crippen LogP contribution in [0.4, 0.5) is 5.82 Å². The third kappa shape index (κ3) is 5.41. The molecule has 2 aromatic rings. The fourth-order valence-corrected chi connectivity index (χ4v) is 2.50. The Hall–Kier alpha value is -1.75. The SMILES string of the molecule is CC.CCCCCCNc1nc(Cl)nc2cc(OC)c(OC)cc12. The minimum Gasteiger partial charge on any atom is -0.493 e. The number of hydrogen-bond donors (Lipinski definition) is 1. The summed E-state index contributed by atoms with van der Waals surface area (Å²) < 4.78 is 10.6. The van der Waals surface area contributed by atoms with Gasteiger partial charge in [-0.25, -0.2) is 9.97 Å². The van der Waals surface area contributed by atoms with Crippen molar-refractivity contribution in [3.8, 4) is 11.5 Å². The van der Waals surface area contributed by atoms with Crippen molar-refractivity contribution >= 4 is 28.3 Å². The topological polar surface area (TPSA) is 56.3 Å². The predicted octanol–water partition coefficient (Wildman–Crippen LogP) is 5.32. The number of methoxy groups -OCH3 is 2. The number of anilines is 1. The second-order valence-corrected chi connectivity index (χ2v) is 5.39. The summed E-state index contributed by atoms with van der Waals surface area (Å²) in [7, 11) is 3.21. The zero-order valence-corrected chi connectivity index (χ0v) is 16.0. The molecule has 0 fully saturated rings. The average molecular weight is 354 g/mol. The van der Waals surface area contributed by atoms with E-state index in [1.165, 1.54) is 19.3 Å². The summed E-state index contributed by atoms with van der Waals surface area (Å²) in [6.45, 7) is 7.06. The van der Waals surface area contributed by atoms with Crippen LogP contribution in [0.1, 0.15) is 46.5 Å². The van der Waals surface area contributed by atoms with Crippen LogP contribution >= 0.6 is 11.6 Å². The van der Waals surface area contributed by atoms with Crippen LogP contribution in [0.25, 0.3) is 10.9 Å². The molecule has 0 saturated heterocycles. The maximum Gasteiger partial charge on any atom is 0.224 e. The van der Waals surface area contributed by atoms with Crippen LogP contribution in [0, 0.1) is 0 Å². The maximum atomic E-state index is 6.02. The highest BCUT2D eigenvalue weighted by Gasteiger charge is 2.12. The first-order valence-electron chi connectivity index (χ1n) is 8.52. The number of nitrogens with zero attached hydrogens (tertiary/aromatic N) is 2. The smallest absolute Gasteiger partial charge is 0.224 e. The molecule has 5 nitrogen and oxygen atoms in total. The average Bonchev–Trinajstić information content (AvgIpc) is 2.61. The summed E-state index contributed by atoms with van der Waals surface area (Å²) in [5, 5.41) is 4.44. The van der Waals surface area contributed by atoms with E-state index in [4.69, 9.17) is 21.1 Å². The van der Waals surface area contributed by atoms with E-state index >= 15 is 0 Å². The lowest BCUT2D eigenvalue weighted by atomic mass is 10.2. The molecule has 6 heteroatoms. The first-order valence-corrected chi connectivity index (χ1v) is 8.90. The van der Waals surface area contributed by atoms with Gasteiger partial charge in [-0.3, -0.25) is 0 Å². The number of hydrogen-bond acceptors (Lipinski definition) is 5. The van der Waals surface area contributed by atoms with E-state index < -0.39 is 0 Å². The summed E-state index contributed by atoms with van der Waals surface area (Å²) in [6, 6.07) is 3.68. The quantitative estimate of drug-likeness (QED) is 0.514. The molecule has 1 aromatic heterocycles. The van der Waals surface area contributed by atoms with Crippen molar-refractivity contribution < 1.29 is 9.47 Å². The van der Waals surface area contributed by atoms with Gasteiger partial charge in [0, 0.05) is 18.0 Å². The summed E-state index contributed by atoms with van der Waals surface area (Å²) >= 11 is 6.02. The van der Waals surface area contributed by atoms with E-state index in [9.17, 15) is 0 Å². The van der Waals surface area contributed by atoms with Gasteiger partial charge in [0.15, 0.2) is 11.5 Å². The molecule has 0 spiro atoms. The Morgan fingerprint density at radius 3 is 2.29 bits per heavy atom. The van der Waals surface area contributed by atoms with Crippen LogP contribution in [-0.2, 0) is 0 Å². The number of fused-ring (bicyclic) bond motifs is 1. The molecule has 134 valence electrons. The monoisotopic (exact) mass is 353 g/mol. The van der Waals surface area contributed by atoms with Crippen molar-refractivity contribution in [1.82, 2.24) is 9.97 Å². The molecule has 0 unspecified atom stereocenters. The first kappa shape index (κ1) is 20.3. The largest absolute Gasteiger partial charge is 0.493 e. The van der Waals surface area contributed by atoms with Crippen LogP contribution in [0.2, 0.25) is 5.28 Å². The number of halogens is 1. The van der Waals surface area contributed by atoms with Gasteiger partial charge in [-0.15, -0.1) is 0 Å². The molecule has 0 radical (unpaired) electrons. The van der Waals surface area contributed by atoms with Crippen LogP contribution in [-0.4, -0.2) is 30.7 Å². The van der Waals surface area contributed by atoms with E-state index in [0.717, 1.165) is 29.7 Å². The van der Waals surface area contributed by atoms with Crippen LogP contribution in [0.15, 0.2) is 12.1 Å². The lowest BCUT2D eigenvalue weighted by molar-refractivity contribution is 0.356. The highest BCUT2D eigenvalue weighted by atomic mass is 35.5. The highest BCUT2D eigenvalue weighted by Crippen LogP contribution is 2.34. The van der Waals surface area contributed by atoms with Crippen molar-refractivity contribution in [2.45, 2.75) is 46.5 Å². The van der Waals surface area contributed by atoms with E-state index in [1.807, 2.05) is 26.0 Å². The van der Waals surface area contributed by atoms with Crippen molar-refractivity contribution in [3.05, 3.63) is 17.4 Å². The van der Waals surface area contributed by atoms with Gasteiger partial charge in [0.1, 0.15) is 5.82 Å². The van der Waals surface area contributed by atoms with E-state index in [2.05, 4.69) is 22.2 Å². The standard InChI is InChI=1S/C16H22ClN3O2.C2H6/c1-4-5-6-7-8-18-15-11-9-13(21-2)14(22-3)10-12(11)19-16(17)20-15;1-2/h9-10H,4-8H2,1-3H3,(H,18,19,20);1-2H3. The molecule has 0 bridgehead atoms. The van der Waals surface area contributed by atoms with Crippen molar-refractivity contribution in [1.29, 1.82) is 0 Å². The lowest BCUT2D eigenvalue weighted by Crippen LogP contribution is -2.05. The molecule has 0 saturated carbocycles. The predicted molar refractivity (Wildman–Crippen MR) is 102 cm³/mol. The molecule has 1 aromatic carbocycles. The summed E-state index contributed by atoms with van der Waals surface area (Å²) in [5.74, 6) is 2.00. The molecule has 0 aliphatic rings. The number of unbranched alkanes of at least 4 members (excludes halogenated alkanes) is 3. The Labute approximate surface area is 149 Å². The minimum atomic E-state index is 0.218. The first-order chi connectivity index (χ1) is 11.7. The van der Waals surface area contributed by atoms with Crippen LogP contribution < -0.4 is 14.8 Å². The molecule has 0 atom stereocenters. The maximum absolute atomic E-state index is 6.02. The van der Waals surface area contributed by atoms with Gasteiger partial charge in [0.25, 0.3) is 0 Å². The molecule has 1 N–H and O–H groups in total. The Bertz CT molecular complexity index is 635. The zero-order chi connectivity index (χ0) is 17.9. The minimum absolute atomic E-state index is 0.218. The Morgan fingerprint density at radius 1 is 1.00 bits per heavy atom. The highest BCUT2D eigenvalue weighted by molar-refractivity contribution is 6.28. The van der Waals surface area contributed by atoms with Gasteiger partial charge >= 0.3 is 0 Å². The van der Waals surface area contributed by atoms with Gasteiger partial charge in [-0.1, -0.05) is 40.0 Å². The lowest BCUT2D eigenvalue weighted by Gasteiger charge is -2.12. The van der Waals surface area contributed by atoms with Crippen LogP contribution in [0.3, 0.4) is 0 Å². The summed E-state index contributed by atoms with van der Waals surface area (Å²) in [6.07, 6.45) is 4.78. The van der Waals surface area contributed by atoms with E-state index in [-0.39, 0.29) is 5.28 Å². The van der Waals surface area contributed by atoms with Gasteiger partial charge < -0.3 is 14.8 Å². The van der Waals surface area contributed by atoms with Crippen molar-refractivity contribution in [3.63, 3.8) is 0 Å². The zero-order valence-electron chi connectivity index (χ0n) is 15.3. The number of rotatable bonds is 8. The molecular weight excluding hydrogens is 326 g/mol.